The first-order valence-electron chi connectivity index (χ1n) is 10.1. The fourth-order valence-electron chi connectivity index (χ4n) is 2.65. The average Bonchev–Trinajstić information content (AvgIpc) is 3.23. The molecule has 1 aromatic heterocycles. The number of carbonyl (C=O) groups is 1. The topological polar surface area (TPSA) is 63.8 Å². The molecule has 3 aromatic rings. The van der Waals surface area contributed by atoms with E-state index >= 15 is 0 Å². The van der Waals surface area contributed by atoms with E-state index in [9.17, 15) is 4.79 Å². The second-order valence-electron chi connectivity index (χ2n) is 6.67. The zero-order valence-electron chi connectivity index (χ0n) is 17.0. The van der Waals surface area contributed by atoms with E-state index < -0.39 is 0 Å². The molecule has 0 aliphatic heterocycles. The number of para-hydroxylation sites is 1. The molecule has 0 spiro atoms. The number of rotatable bonds is 11. The molecule has 1 amide bonds. The first-order chi connectivity index (χ1) is 14.7. The molecular weight excluding hydrogens is 396 g/mol. The summed E-state index contributed by atoms with van der Waals surface area (Å²) in [5, 5.41) is 3.53. The summed E-state index contributed by atoms with van der Waals surface area (Å²) in [5.74, 6) is 1.70. The van der Waals surface area contributed by atoms with Crippen molar-refractivity contribution in [1.82, 2.24) is 0 Å². The molecule has 2 aromatic carbocycles. The third-order valence-corrected chi connectivity index (χ3v) is 5.11. The number of thioether (sulfide) groups is 1. The minimum atomic E-state index is -0.0742. The second-order valence-corrected chi connectivity index (χ2v) is 7.65. The van der Waals surface area contributed by atoms with Crippen molar-refractivity contribution in [2.24, 2.45) is 4.99 Å². The fraction of sp³-hybridized carbons (Fsp3) is 0.250. The molecule has 0 atom stereocenters. The molecule has 30 heavy (non-hydrogen) atoms. The number of furan rings is 1. The lowest BCUT2D eigenvalue weighted by Gasteiger charge is -2.05. The number of amides is 1. The van der Waals surface area contributed by atoms with Crippen LogP contribution in [0.2, 0.25) is 0 Å². The van der Waals surface area contributed by atoms with Gasteiger partial charge in [0.05, 0.1) is 24.3 Å². The molecule has 0 unspecified atom stereocenters. The number of nitrogens with one attached hydrogen (secondary N) is 1. The Bertz CT molecular complexity index is 937. The van der Waals surface area contributed by atoms with Gasteiger partial charge in [-0.2, -0.15) is 0 Å². The van der Waals surface area contributed by atoms with Crippen LogP contribution in [-0.4, -0.2) is 24.5 Å². The van der Waals surface area contributed by atoms with E-state index in [0.29, 0.717) is 10.9 Å². The number of benzene rings is 2. The van der Waals surface area contributed by atoms with Crippen LogP contribution in [0.4, 0.5) is 11.4 Å². The van der Waals surface area contributed by atoms with Crippen molar-refractivity contribution in [3.8, 4) is 5.75 Å². The molecule has 0 bridgehead atoms. The van der Waals surface area contributed by atoms with Gasteiger partial charge in [0.25, 0.3) is 0 Å². The molecule has 0 saturated heterocycles. The molecule has 156 valence electrons. The highest BCUT2D eigenvalue weighted by Crippen LogP contribution is 2.22. The third kappa shape index (κ3) is 7.44. The zero-order chi connectivity index (χ0) is 21.0. The number of unbranched alkanes of at least 4 members (excludes halogenated alkanes) is 2. The van der Waals surface area contributed by atoms with E-state index in [1.807, 2.05) is 66.7 Å². The molecule has 1 N–H and O–H groups in total. The molecule has 0 radical (unpaired) electrons. The van der Waals surface area contributed by atoms with Gasteiger partial charge >= 0.3 is 0 Å². The van der Waals surface area contributed by atoms with Crippen LogP contribution in [-0.2, 0) is 4.79 Å². The predicted molar refractivity (Wildman–Crippen MR) is 123 cm³/mol. The summed E-state index contributed by atoms with van der Waals surface area (Å²) in [4.78, 5) is 16.4. The Kier molecular flexibility index (Phi) is 8.60. The molecule has 1 heterocycles. The number of carbonyl (C=O) groups excluding carboxylic acids is 1. The quantitative estimate of drug-likeness (QED) is 0.223. The molecule has 0 fully saturated rings. The van der Waals surface area contributed by atoms with Gasteiger partial charge in [0.1, 0.15) is 11.5 Å². The Morgan fingerprint density at radius 3 is 2.63 bits per heavy atom. The summed E-state index contributed by atoms with van der Waals surface area (Å²) in [7, 11) is 0. The van der Waals surface area contributed by atoms with Crippen molar-refractivity contribution in [3.05, 3.63) is 72.5 Å². The maximum Gasteiger partial charge on any atom is 0.234 e. The standard InChI is InChI=1S/C24H26N2O3S/c1-2-3-7-16-28-21-12-10-19(11-13-21)25-17-22-14-15-24(29-22)30-18-23(27)26-20-8-5-4-6-9-20/h4-6,8-15,17H,2-3,7,16,18H2,1H3,(H,26,27). The first-order valence-corrected chi connectivity index (χ1v) is 11.1. The summed E-state index contributed by atoms with van der Waals surface area (Å²) in [6.45, 7) is 2.92. The lowest BCUT2D eigenvalue weighted by atomic mass is 10.2. The Hall–Kier alpha value is -2.99. The van der Waals surface area contributed by atoms with E-state index in [-0.39, 0.29) is 11.7 Å². The highest BCUT2D eigenvalue weighted by molar-refractivity contribution is 7.99. The van der Waals surface area contributed by atoms with Crippen LogP contribution in [0.3, 0.4) is 0 Å². The predicted octanol–water partition coefficient (Wildman–Crippen LogP) is 6.33. The monoisotopic (exact) mass is 422 g/mol. The van der Waals surface area contributed by atoms with Crippen LogP contribution < -0.4 is 10.1 Å². The maximum atomic E-state index is 12.0. The van der Waals surface area contributed by atoms with E-state index in [1.54, 1.807) is 6.21 Å². The summed E-state index contributed by atoms with van der Waals surface area (Å²) in [5.41, 5.74) is 1.61. The Morgan fingerprint density at radius 1 is 1.07 bits per heavy atom. The normalized spacial score (nSPS) is 11.0. The Morgan fingerprint density at radius 2 is 1.87 bits per heavy atom. The van der Waals surface area contributed by atoms with Crippen LogP contribution in [0.25, 0.3) is 0 Å². The third-order valence-electron chi connectivity index (χ3n) is 4.20. The highest BCUT2D eigenvalue weighted by Gasteiger charge is 2.06. The van der Waals surface area contributed by atoms with Gasteiger partial charge in [-0.25, -0.2) is 0 Å². The number of ether oxygens (including phenoxy) is 1. The van der Waals surface area contributed by atoms with Gasteiger partial charge in [-0.15, -0.1) is 0 Å². The summed E-state index contributed by atoms with van der Waals surface area (Å²) in [6, 6.07) is 20.7. The van der Waals surface area contributed by atoms with Crippen LogP contribution in [0.15, 0.2) is 81.2 Å². The molecule has 6 heteroatoms. The van der Waals surface area contributed by atoms with Gasteiger partial charge in [0, 0.05) is 5.69 Å². The van der Waals surface area contributed by atoms with Gasteiger partial charge in [0.15, 0.2) is 5.09 Å². The van der Waals surface area contributed by atoms with Gasteiger partial charge in [-0.1, -0.05) is 49.7 Å². The molecule has 3 rings (SSSR count). The summed E-state index contributed by atoms with van der Waals surface area (Å²) < 4.78 is 11.4. The van der Waals surface area contributed by atoms with Crippen molar-refractivity contribution in [3.63, 3.8) is 0 Å². The van der Waals surface area contributed by atoms with Crippen LogP contribution in [0.5, 0.6) is 5.75 Å². The van der Waals surface area contributed by atoms with Gasteiger partial charge in [0.2, 0.25) is 5.91 Å². The number of nitrogens with zero attached hydrogens (tertiary/aromatic N) is 1. The maximum absolute atomic E-state index is 12.0. The van der Waals surface area contributed by atoms with Crippen LogP contribution >= 0.6 is 11.8 Å². The minimum Gasteiger partial charge on any atom is -0.494 e. The molecule has 5 nitrogen and oxygen atoms in total. The minimum absolute atomic E-state index is 0.0742. The smallest absolute Gasteiger partial charge is 0.234 e. The highest BCUT2D eigenvalue weighted by atomic mass is 32.2. The van der Waals surface area contributed by atoms with Crippen molar-refractivity contribution in [2.75, 3.05) is 17.7 Å². The number of aliphatic imine (C=N–C) groups is 1. The number of hydrogen-bond acceptors (Lipinski definition) is 5. The van der Waals surface area contributed by atoms with Crippen LogP contribution in [0.1, 0.15) is 31.9 Å². The van der Waals surface area contributed by atoms with Crippen molar-refractivity contribution >= 4 is 35.3 Å². The average molecular weight is 423 g/mol. The SMILES string of the molecule is CCCCCOc1ccc(N=Cc2ccc(SCC(=O)Nc3ccccc3)o2)cc1. The molecular formula is C24H26N2O3S. The van der Waals surface area contributed by atoms with E-state index in [1.165, 1.54) is 24.6 Å². The van der Waals surface area contributed by atoms with Crippen molar-refractivity contribution in [1.29, 1.82) is 0 Å². The van der Waals surface area contributed by atoms with Gasteiger partial charge in [-0.3, -0.25) is 9.79 Å². The Balaban J connectivity index is 1.44. The Labute approximate surface area is 181 Å². The van der Waals surface area contributed by atoms with Gasteiger partial charge in [-0.05, 0) is 55.0 Å². The second kappa shape index (κ2) is 11.9. The summed E-state index contributed by atoms with van der Waals surface area (Å²) in [6.07, 6.45) is 5.11. The molecule has 0 aliphatic rings. The van der Waals surface area contributed by atoms with E-state index in [0.717, 1.165) is 30.2 Å². The zero-order valence-corrected chi connectivity index (χ0v) is 17.9. The lowest BCUT2D eigenvalue weighted by Crippen LogP contribution is -2.13. The van der Waals surface area contributed by atoms with E-state index in [4.69, 9.17) is 9.15 Å². The van der Waals surface area contributed by atoms with Crippen LogP contribution in [0, 0.1) is 0 Å². The van der Waals surface area contributed by atoms with Crippen molar-refractivity contribution in [2.45, 2.75) is 31.3 Å². The largest absolute Gasteiger partial charge is 0.494 e. The molecule has 0 aliphatic carbocycles. The molecule has 0 saturated carbocycles. The van der Waals surface area contributed by atoms with Crippen molar-refractivity contribution < 1.29 is 13.9 Å². The summed E-state index contributed by atoms with van der Waals surface area (Å²) >= 11 is 1.35. The number of hydrogen-bond donors (Lipinski definition) is 1. The lowest BCUT2D eigenvalue weighted by molar-refractivity contribution is -0.113. The first kappa shape index (κ1) is 21.7. The fourth-order valence-corrected chi connectivity index (χ4v) is 3.31. The number of anilines is 1. The van der Waals surface area contributed by atoms with E-state index in [2.05, 4.69) is 17.2 Å². The van der Waals surface area contributed by atoms with Gasteiger partial charge < -0.3 is 14.5 Å².